The van der Waals surface area contributed by atoms with E-state index < -0.39 is 5.97 Å². The number of aromatic nitrogens is 1. The second-order valence-electron chi connectivity index (χ2n) is 5.78. The van der Waals surface area contributed by atoms with Crippen LogP contribution in [-0.2, 0) is 15.9 Å². The minimum Gasteiger partial charge on any atom is -0.461 e. The van der Waals surface area contributed by atoms with Crippen LogP contribution in [-0.4, -0.2) is 49.9 Å². The molecule has 0 saturated carbocycles. The number of hydrogen-bond donors (Lipinski definition) is 1. The van der Waals surface area contributed by atoms with Gasteiger partial charge in [-0.25, -0.2) is 4.79 Å². The monoisotopic (exact) mass is 325 g/mol. The van der Waals surface area contributed by atoms with Crippen molar-refractivity contribution in [2.75, 3.05) is 31.7 Å². The van der Waals surface area contributed by atoms with Crippen LogP contribution in [0.2, 0.25) is 0 Å². The number of aryl methyl sites for hydroxylation is 1. The molecule has 2 rings (SSSR count). The zero-order valence-electron chi connectivity index (χ0n) is 14.2. The molecule has 1 saturated heterocycles. The Morgan fingerprint density at radius 1 is 1.48 bits per heavy atom. The summed E-state index contributed by atoms with van der Waals surface area (Å²) >= 11 is 0. The number of hydrogen-bond acceptors (Lipinski definition) is 7. The summed E-state index contributed by atoms with van der Waals surface area (Å²) < 4.78 is 16.4. The van der Waals surface area contributed by atoms with Crippen LogP contribution in [0.15, 0.2) is 4.42 Å². The number of carbonyl (C=O) groups is 1. The molecule has 0 spiro atoms. The molecule has 1 aliphatic heterocycles. The molecule has 0 bridgehead atoms. The van der Waals surface area contributed by atoms with Gasteiger partial charge in [0.2, 0.25) is 0 Å². The summed E-state index contributed by atoms with van der Waals surface area (Å²) in [7, 11) is 1.65. The molecule has 1 aliphatic rings. The van der Waals surface area contributed by atoms with Crippen molar-refractivity contribution in [2.45, 2.75) is 51.7 Å². The molecular weight excluding hydrogens is 298 g/mol. The van der Waals surface area contributed by atoms with Crippen LogP contribution in [0.4, 0.5) is 6.01 Å². The van der Waals surface area contributed by atoms with Gasteiger partial charge in [0.15, 0.2) is 5.69 Å². The molecule has 1 aromatic rings. The van der Waals surface area contributed by atoms with Crippen molar-refractivity contribution in [2.24, 2.45) is 5.73 Å². The van der Waals surface area contributed by atoms with Crippen LogP contribution in [0.3, 0.4) is 0 Å². The van der Waals surface area contributed by atoms with E-state index in [9.17, 15) is 4.79 Å². The maximum absolute atomic E-state index is 12.2. The van der Waals surface area contributed by atoms with Crippen LogP contribution in [0.1, 0.15) is 49.4 Å². The van der Waals surface area contributed by atoms with Gasteiger partial charge in [0.25, 0.3) is 6.01 Å². The SMILES string of the molecule is CCCCOC(=O)c1nc(N2CC[C@H](N)[C@H](OC)C2)oc1CC. The number of esters is 1. The second kappa shape index (κ2) is 8.31. The number of rotatable bonds is 7. The molecule has 0 aromatic carbocycles. The van der Waals surface area contributed by atoms with Crippen LogP contribution in [0.5, 0.6) is 0 Å². The van der Waals surface area contributed by atoms with Gasteiger partial charge in [-0.05, 0) is 12.8 Å². The highest BCUT2D eigenvalue weighted by molar-refractivity contribution is 5.88. The number of unbranched alkanes of at least 4 members (excludes halogenated alkanes) is 1. The lowest BCUT2D eigenvalue weighted by molar-refractivity contribution is 0.0491. The van der Waals surface area contributed by atoms with Crippen LogP contribution in [0.25, 0.3) is 0 Å². The van der Waals surface area contributed by atoms with Crippen molar-refractivity contribution in [3.63, 3.8) is 0 Å². The van der Waals surface area contributed by atoms with Gasteiger partial charge in [0.05, 0.1) is 19.3 Å². The molecule has 2 N–H and O–H groups in total. The minimum atomic E-state index is -0.415. The second-order valence-corrected chi connectivity index (χ2v) is 5.78. The van der Waals surface area contributed by atoms with Gasteiger partial charge in [-0.3, -0.25) is 0 Å². The third-order valence-corrected chi connectivity index (χ3v) is 4.12. The number of anilines is 1. The van der Waals surface area contributed by atoms with Crippen molar-refractivity contribution in [3.05, 3.63) is 11.5 Å². The molecule has 7 heteroatoms. The van der Waals surface area contributed by atoms with Gasteiger partial charge in [-0.2, -0.15) is 4.98 Å². The van der Waals surface area contributed by atoms with Crippen molar-refractivity contribution in [1.82, 2.24) is 4.98 Å². The summed E-state index contributed by atoms with van der Waals surface area (Å²) in [4.78, 5) is 18.5. The Bertz CT molecular complexity index is 517. The number of ether oxygens (including phenoxy) is 2. The van der Waals surface area contributed by atoms with Crippen molar-refractivity contribution >= 4 is 12.0 Å². The number of nitrogens with zero attached hydrogens (tertiary/aromatic N) is 2. The number of methoxy groups -OCH3 is 1. The Morgan fingerprint density at radius 3 is 2.91 bits per heavy atom. The van der Waals surface area contributed by atoms with E-state index in [1.807, 2.05) is 18.7 Å². The number of nitrogens with two attached hydrogens (primary N) is 1. The summed E-state index contributed by atoms with van der Waals surface area (Å²) in [6, 6.07) is 0.452. The lowest BCUT2D eigenvalue weighted by Gasteiger charge is -2.34. The number of piperidine rings is 1. The summed E-state index contributed by atoms with van der Waals surface area (Å²) in [5, 5.41) is 0. The van der Waals surface area contributed by atoms with Crippen LogP contribution >= 0.6 is 0 Å². The summed E-state index contributed by atoms with van der Waals surface area (Å²) in [6.45, 7) is 5.72. The van der Waals surface area contributed by atoms with Gasteiger partial charge in [0.1, 0.15) is 5.76 Å². The smallest absolute Gasteiger partial charge is 0.360 e. The quantitative estimate of drug-likeness (QED) is 0.603. The highest BCUT2D eigenvalue weighted by atomic mass is 16.5. The normalized spacial score (nSPS) is 21.5. The first kappa shape index (κ1) is 17.7. The lowest BCUT2D eigenvalue weighted by Crippen LogP contribution is -2.51. The maximum Gasteiger partial charge on any atom is 0.360 e. The van der Waals surface area contributed by atoms with Crippen LogP contribution in [0, 0.1) is 0 Å². The molecule has 2 heterocycles. The average molecular weight is 325 g/mol. The Kier molecular flexibility index (Phi) is 6.41. The van der Waals surface area contributed by atoms with Gasteiger partial charge in [0, 0.05) is 26.1 Å². The predicted molar refractivity (Wildman–Crippen MR) is 86.7 cm³/mol. The molecule has 7 nitrogen and oxygen atoms in total. The lowest BCUT2D eigenvalue weighted by atomic mass is 10.0. The van der Waals surface area contributed by atoms with E-state index in [0.29, 0.717) is 31.3 Å². The van der Waals surface area contributed by atoms with Gasteiger partial charge in [-0.15, -0.1) is 0 Å². The zero-order valence-corrected chi connectivity index (χ0v) is 14.2. The fraction of sp³-hybridized carbons (Fsp3) is 0.750. The Morgan fingerprint density at radius 2 is 2.26 bits per heavy atom. The van der Waals surface area contributed by atoms with E-state index in [2.05, 4.69) is 4.98 Å². The molecule has 0 aliphatic carbocycles. The average Bonchev–Trinajstić information content (AvgIpc) is 3.00. The topological polar surface area (TPSA) is 90.8 Å². The van der Waals surface area contributed by atoms with Crippen molar-refractivity contribution in [3.8, 4) is 0 Å². The van der Waals surface area contributed by atoms with Crippen molar-refractivity contribution < 1.29 is 18.7 Å². The Hall–Kier alpha value is -1.60. The fourth-order valence-corrected chi connectivity index (χ4v) is 2.61. The first-order valence-electron chi connectivity index (χ1n) is 8.30. The molecule has 0 unspecified atom stereocenters. The van der Waals surface area contributed by atoms with E-state index in [-0.39, 0.29) is 17.8 Å². The highest BCUT2D eigenvalue weighted by Crippen LogP contribution is 2.24. The third kappa shape index (κ3) is 4.23. The van der Waals surface area contributed by atoms with E-state index in [1.54, 1.807) is 7.11 Å². The summed E-state index contributed by atoms with van der Waals surface area (Å²) in [5.41, 5.74) is 6.31. The van der Waals surface area contributed by atoms with Gasteiger partial charge >= 0.3 is 5.97 Å². The minimum absolute atomic E-state index is 0.00957. The van der Waals surface area contributed by atoms with Gasteiger partial charge < -0.3 is 24.5 Å². The van der Waals surface area contributed by atoms with E-state index in [0.717, 1.165) is 25.8 Å². The number of oxazole rings is 1. The van der Waals surface area contributed by atoms with E-state index >= 15 is 0 Å². The third-order valence-electron chi connectivity index (χ3n) is 4.12. The number of carbonyl (C=O) groups excluding carboxylic acids is 1. The predicted octanol–water partition coefficient (Wildman–Crippen LogP) is 1.75. The maximum atomic E-state index is 12.2. The standard InChI is InChI=1S/C16H27N3O4/c1-4-6-9-22-15(20)14-12(5-2)23-16(18-14)19-8-7-11(17)13(10-19)21-3/h11,13H,4-10,17H2,1-3H3/t11-,13+/m0/s1. The summed E-state index contributed by atoms with van der Waals surface area (Å²) in [5.74, 6) is 0.146. The molecular formula is C16H27N3O4. The molecule has 0 radical (unpaired) electrons. The van der Waals surface area contributed by atoms with Gasteiger partial charge in [-0.1, -0.05) is 20.3 Å². The Balaban J connectivity index is 2.10. The Labute approximate surface area is 137 Å². The van der Waals surface area contributed by atoms with E-state index in [4.69, 9.17) is 19.6 Å². The first-order chi connectivity index (χ1) is 11.1. The van der Waals surface area contributed by atoms with E-state index in [1.165, 1.54) is 0 Å². The highest BCUT2D eigenvalue weighted by Gasteiger charge is 2.30. The molecule has 1 fully saturated rings. The largest absolute Gasteiger partial charge is 0.461 e. The zero-order chi connectivity index (χ0) is 16.8. The molecule has 1 aromatic heterocycles. The molecule has 130 valence electrons. The fourth-order valence-electron chi connectivity index (χ4n) is 2.61. The molecule has 2 atom stereocenters. The first-order valence-corrected chi connectivity index (χ1v) is 8.30. The summed E-state index contributed by atoms with van der Waals surface area (Å²) in [6.07, 6.45) is 3.13. The molecule has 0 amide bonds. The van der Waals surface area contributed by atoms with Crippen molar-refractivity contribution in [1.29, 1.82) is 0 Å². The molecule has 23 heavy (non-hydrogen) atoms. The van der Waals surface area contributed by atoms with Crippen LogP contribution < -0.4 is 10.6 Å².